The Kier molecular flexibility index (Phi) is 5.37. The molecule has 1 aromatic carbocycles. The molecule has 5 nitrogen and oxygen atoms in total. The van der Waals surface area contributed by atoms with E-state index >= 15 is 0 Å². The summed E-state index contributed by atoms with van der Waals surface area (Å²) in [5, 5.41) is 8.08. The standard InChI is InChI=1S/C17H15Cl3N4O/c1-24-13-5-3-2-4-11(13)14(20)15(24)17(25)22-7-6-21-16-12(19)8-10(18)9-23-16/h2-5,8-9H,6-7H2,1H3,(H,21,23)(H,22,25). The van der Waals surface area contributed by atoms with Crippen LogP contribution >= 0.6 is 34.8 Å². The van der Waals surface area contributed by atoms with E-state index in [0.29, 0.717) is 39.7 Å². The summed E-state index contributed by atoms with van der Waals surface area (Å²) in [6, 6.07) is 9.22. The normalized spacial score (nSPS) is 10.9. The van der Waals surface area contributed by atoms with Crippen LogP contribution in [0.25, 0.3) is 10.9 Å². The third-order valence-corrected chi connectivity index (χ3v) is 4.65. The summed E-state index contributed by atoms with van der Waals surface area (Å²) in [6.07, 6.45) is 1.50. The van der Waals surface area contributed by atoms with Gasteiger partial charge in [-0.15, -0.1) is 0 Å². The van der Waals surface area contributed by atoms with Gasteiger partial charge < -0.3 is 15.2 Å². The molecule has 1 amide bonds. The van der Waals surface area contributed by atoms with E-state index in [1.807, 2.05) is 31.3 Å². The van der Waals surface area contributed by atoms with Crippen molar-refractivity contribution in [2.24, 2.45) is 7.05 Å². The number of halogens is 3. The van der Waals surface area contributed by atoms with Gasteiger partial charge in [-0.2, -0.15) is 0 Å². The molecular weight excluding hydrogens is 383 g/mol. The van der Waals surface area contributed by atoms with Gasteiger partial charge in [-0.25, -0.2) is 4.98 Å². The van der Waals surface area contributed by atoms with Gasteiger partial charge in [0.15, 0.2) is 0 Å². The maximum Gasteiger partial charge on any atom is 0.269 e. The van der Waals surface area contributed by atoms with Crippen molar-refractivity contribution in [1.29, 1.82) is 0 Å². The number of pyridine rings is 1. The van der Waals surface area contributed by atoms with Gasteiger partial charge in [-0.3, -0.25) is 4.79 Å². The Morgan fingerprint density at radius 2 is 1.96 bits per heavy atom. The molecule has 8 heteroatoms. The molecule has 130 valence electrons. The summed E-state index contributed by atoms with van der Waals surface area (Å²) in [4.78, 5) is 16.6. The van der Waals surface area contributed by atoms with E-state index in [0.717, 1.165) is 10.9 Å². The number of aromatic nitrogens is 2. The first-order chi connectivity index (χ1) is 12.0. The third-order valence-electron chi connectivity index (χ3n) is 3.77. The quantitative estimate of drug-likeness (QED) is 0.628. The van der Waals surface area contributed by atoms with Gasteiger partial charge in [-0.1, -0.05) is 53.0 Å². The fourth-order valence-corrected chi connectivity index (χ4v) is 3.40. The van der Waals surface area contributed by atoms with Crippen LogP contribution in [0.3, 0.4) is 0 Å². The Hall–Kier alpha value is -1.95. The van der Waals surface area contributed by atoms with Crippen LogP contribution in [0.4, 0.5) is 5.82 Å². The predicted molar refractivity (Wildman–Crippen MR) is 103 cm³/mol. The summed E-state index contributed by atoms with van der Waals surface area (Å²) in [6.45, 7) is 0.846. The van der Waals surface area contributed by atoms with Gasteiger partial charge >= 0.3 is 0 Å². The first-order valence-corrected chi connectivity index (χ1v) is 8.68. The number of rotatable bonds is 5. The van der Waals surface area contributed by atoms with E-state index in [2.05, 4.69) is 15.6 Å². The highest BCUT2D eigenvalue weighted by Crippen LogP contribution is 2.29. The lowest BCUT2D eigenvalue weighted by molar-refractivity contribution is 0.0947. The molecule has 0 saturated carbocycles. The van der Waals surface area contributed by atoms with Crippen molar-refractivity contribution in [1.82, 2.24) is 14.9 Å². The van der Waals surface area contributed by atoms with Crippen LogP contribution in [0.5, 0.6) is 0 Å². The monoisotopic (exact) mass is 396 g/mol. The largest absolute Gasteiger partial charge is 0.367 e. The molecule has 2 N–H and O–H groups in total. The molecule has 3 rings (SSSR count). The van der Waals surface area contributed by atoms with E-state index in [4.69, 9.17) is 34.8 Å². The molecule has 0 aliphatic carbocycles. The van der Waals surface area contributed by atoms with Crippen LogP contribution in [-0.2, 0) is 7.05 Å². The topological polar surface area (TPSA) is 59.0 Å². The van der Waals surface area contributed by atoms with Gasteiger partial charge in [0.2, 0.25) is 0 Å². The zero-order valence-corrected chi connectivity index (χ0v) is 15.6. The lowest BCUT2D eigenvalue weighted by Crippen LogP contribution is -2.30. The number of nitrogens with one attached hydrogen (secondary N) is 2. The van der Waals surface area contributed by atoms with Crippen molar-refractivity contribution in [3.8, 4) is 0 Å². The number of carbonyl (C=O) groups excluding carboxylic acids is 1. The average Bonchev–Trinajstić information content (AvgIpc) is 2.85. The summed E-state index contributed by atoms with van der Waals surface area (Å²) >= 11 is 18.2. The van der Waals surface area contributed by atoms with Crippen LogP contribution in [-0.4, -0.2) is 28.5 Å². The minimum Gasteiger partial charge on any atom is -0.367 e. The minimum absolute atomic E-state index is 0.235. The number of amides is 1. The lowest BCUT2D eigenvalue weighted by atomic mass is 10.2. The predicted octanol–water partition coefficient (Wildman–Crippen LogP) is 4.38. The van der Waals surface area contributed by atoms with E-state index in [9.17, 15) is 4.79 Å². The number of hydrogen-bond donors (Lipinski definition) is 2. The number of aryl methyl sites for hydroxylation is 1. The second-order valence-electron chi connectivity index (χ2n) is 5.41. The Morgan fingerprint density at radius 1 is 1.20 bits per heavy atom. The molecule has 3 aromatic rings. The van der Waals surface area contributed by atoms with Crippen LogP contribution < -0.4 is 10.6 Å². The zero-order valence-electron chi connectivity index (χ0n) is 13.3. The number of anilines is 1. The maximum atomic E-state index is 12.5. The number of para-hydroxylation sites is 1. The molecule has 0 fully saturated rings. The van der Waals surface area contributed by atoms with Gasteiger partial charge in [0, 0.05) is 37.2 Å². The van der Waals surface area contributed by atoms with Gasteiger partial charge in [-0.05, 0) is 12.1 Å². The minimum atomic E-state index is -0.235. The molecule has 0 saturated heterocycles. The number of hydrogen-bond acceptors (Lipinski definition) is 3. The van der Waals surface area contributed by atoms with Gasteiger partial charge in [0.05, 0.1) is 15.1 Å². The number of nitrogens with zero attached hydrogens (tertiary/aromatic N) is 2. The second kappa shape index (κ2) is 7.52. The van der Waals surface area contributed by atoms with Gasteiger partial charge in [0.1, 0.15) is 11.5 Å². The molecule has 0 radical (unpaired) electrons. The number of carbonyl (C=O) groups is 1. The van der Waals surface area contributed by atoms with Crippen molar-refractivity contribution in [3.63, 3.8) is 0 Å². The summed E-state index contributed by atoms with van der Waals surface area (Å²) in [7, 11) is 1.82. The van der Waals surface area contributed by atoms with Crippen LogP contribution in [0.15, 0.2) is 36.5 Å². The van der Waals surface area contributed by atoms with E-state index in [1.165, 1.54) is 6.20 Å². The molecular formula is C17H15Cl3N4O. The number of fused-ring (bicyclic) bond motifs is 1. The van der Waals surface area contributed by atoms with Crippen molar-refractivity contribution >= 4 is 57.4 Å². The van der Waals surface area contributed by atoms with E-state index < -0.39 is 0 Å². The first kappa shape index (κ1) is 17.9. The van der Waals surface area contributed by atoms with E-state index in [-0.39, 0.29) is 5.91 Å². The van der Waals surface area contributed by atoms with Crippen LogP contribution in [0.2, 0.25) is 15.1 Å². The highest BCUT2D eigenvalue weighted by atomic mass is 35.5. The maximum absolute atomic E-state index is 12.5. The molecule has 2 heterocycles. The Morgan fingerprint density at radius 3 is 2.68 bits per heavy atom. The Balaban J connectivity index is 1.63. The average molecular weight is 398 g/mol. The van der Waals surface area contributed by atoms with Crippen molar-refractivity contribution < 1.29 is 4.79 Å². The highest BCUT2D eigenvalue weighted by molar-refractivity contribution is 6.39. The molecule has 0 aliphatic rings. The Bertz CT molecular complexity index is 900. The SMILES string of the molecule is Cn1c(C(=O)NCCNc2ncc(Cl)cc2Cl)c(Cl)c2ccccc21. The summed E-state index contributed by atoms with van der Waals surface area (Å²) in [5.74, 6) is 0.281. The molecule has 0 atom stereocenters. The zero-order chi connectivity index (χ0) is 18.0. The van der Waals surface area contributed by atoms with Crippen LogP contribution in [0.1, 0.15) is 10.5 Å². The van der Waals surface area contributed by atoms with Crippen molar-refractivity contribution in [2.45, 2.75) is 0 Å². The summed E-state index contributed by atoms with van der Waals surface area (Å²) in [5.41, 5.74) is 1.35. The van der Waals surface area contributed by atoms with Crippen molar-refractivity contribution in [2.75, 3.05) is 18.4 Å². The fourth-order valence-electron chi connectivity index (χ4n) is 2.58. The number of benzene rings is 1. The molecule has 2 aromatic heterocycles. The van der Waals surface area contributed by atoms with Crippen LogP contribution in [0, 0.1) is 0 Å². The lowest BCUT2D eigenvalue weighted by Gasteiger charge is -2.09. The molecule has 0 spiro atoms. The smallest absolute Gasteiger partial charge is 0.269 e. The second-order valence-corrected chi connectivity index (χ2v) is 6.63. The van der Waals surface area contributed by atoms with Crippen molar-refractivity contribution in [3.05, 3.63) is 57.3 Å². The first-order valence-electron chi connectivity index (χ1n) is 7.55. The highest BCUT2D eigenvalue weighted by Gasteiger charge is 2.19. The molecule has 25 heavy (non-hydrogen) atoms. The molecule has 0 unspecified atom stereocenters. The van der Waals surface area contributed by atoms with E-state index in [1.54, 1.807) is 10.6 Å². The molecule has 0 bridgehead atoms. The fraction of sp³-hybridized carbons (Fsp3) is 0.176. The summed E-state index contributed by atoms with van der Waals surface area (Å²) < 4.78 is 1.79. The third kappa shape index (κ3) is 3.68. The van der Waals surface area contributed by atoms with Gasteiger partial charge in [0.25, 0.3) is 5.91 Å². The Labute approximate surface area is 159 Å². The molecule has 0 aliphatic heterocycles.